The van der Waals surface area contributed by atoms with Gasteiger partial charge in [0.15, 0.2) is 0 Å². The second-order valence-electron chi connectivity index (χ2n) is 14.0. The van der Waals surface area contributed by atoms with Gasteiger partial charge >= 0.3 is 11.9 Å². The van der Waals surface area contributed by atoms with E-state index in [-0.39, 0.29) is 40.6 Å². The third-order valence-electron chi connectivity index (χ3n) is 13.0. The Morgan fingerprint density at radius 3 is 2.28 bits per heavy atom. The van der Waals surface area contributed by atoms with E-state index in [1.165, 1.54) is 0 Å². The second-order valence-corrected chi connectivity index (χ2v) is 14.0. The van der Waals surface area contributed by atoms with Crippen molar-refractivity contribution in [3.63, 3.8) is 0 Å². The quantitative estimate of drug-likeness (QED) is 0.368. The van der Waals surface area contributed by atoms with E-state index in [0.717, 1.165) is 31.3 Å². The van der Waals surface area contributed by atoms with Crippen LogP contribution in [0.25, 0.3) is 0 Å². The Kier molecular flexibility index (Phi) is 5.84. The molecule has 0 spiro atoms. The van der Waals surface area contributed by atoms with Crippen LogP contribution in [-0.4, -0.2) is 56.3 Å². The maximum atomic E-state index is 12.7. The smallest absolute Gasteiger partial charge is 0.310 e. The molecule has 4 unspecified atom stereocenters. The van der Waals surface area contributed by atoms with Crippen LogP contribution in [0, 0.1) is 50.7 Å². The number of fused-ring (bicyclic) bond motifs is 7. The molecule has 36 heavy (non-hydrogen) atoms. The molecule has 4 fully saturated rings. The monoisotopic (exact) mass is 504 g/mol. The summed E-state index contributed by atoms with van der Waals surface area (Å²) >= 11 is 0. The lowest BCUT2D eigenvalue weighted by Crippen LogP contribution is -2.68. The molecule has 0 aromatic carbocycles. The lowest BCUT2D eigenvalue weighted by atomic mass is 9.33. The maximum absolute atomic E-state index is 12.7. The molecule has 0 aromatic rings. The van der Waals surface area contributed by atoms with Crippen molar-refractivity contribution < 1.29 is 35.1 Å². The van der Waals surface area contributed by atoms with E-state index in [1.54, 1.807) is 0 Å². The van der Waals surface area contributed by atoms with Gasteiger partial charge in [0.1, 0.15) is 0 Å². The molecule has 0 saturated heterocycles. The fourth-order valence-electron chi connectivity index (χ4n) is 10.7. The minimum atomic E-state index is -0.962. The van der Waals surface area contributed by atoms with Crippen LogP contribution in [0.4, 0.5) is 0 Å². The number of hydrogen-bond donors (Lipinski definition) is 5. The Labute approximate surface area is 214 Å². The van der Waals surface area contributed by atoms with Crippen molar-refractivity contribution in [1.82, 2.24) is 0 Å². The van der Waals surface area contributed by atoms with Crippen LogP contribution in [0.15, 0.2) is 11.6 Å². The molecule has 0 aliphatic heterocycles. The second kappa shape index (κ2) is 8.03. The molecule has 0 radical (unpaired) electrons. The molecule has 0 amide bonds. The minimum Gasteiger partial charge on any atom is -0.481 e. The topological polar surface area (TPSA) is 135 Å². The van der Waals surface area contributed by atoms with Crippen molar-refractivity contribution in [2.75, 3.05) is 6.61 Å². The van der Waals surface area contributed by atoms with Crippen LogP contribution in [0.1, 0.15) is 85.5 Å². The van der Waals surface area contributed by atoms with Crippen molar-refractivity contribution in [1.29, 1.82) is 0 Å². The van der Waals surface area contributed by atoms with Gasteiger partial charge in [0, 0.05) is 5.41 Å². The van der Waals surface area contributed by atoms with Gasteiger partial charge in [-0.25, -0.2) is 0 Å². The van der Waals surface area contributed by atoms with E-state index < -0.39 is 40.9 Å². The Morgan fingerprint density at radius 2 is 1.67 bits per heavy atom. The molecule has 4 saturated carbocycles. The summed E-state index contributed by atoms with van der Waals surface area (Å²) in [4.78, 5) is 24.6. The molecular formula is C29H44O7. The standard InChI is InChI=1S/C29H44O7/c1-25-14-19(31)22(32)26(2,15-30)20(25)8-9-28(4)21(25)6-5-17-18-13-16(23(33)34)7-10-29(18,24(35)36)12-11-27(17,28)3/h5,16,18-22,30-32H,6-15H2,1-4H3,(H,33,34)(H,35,36)/t16-,18?,19-,20?,21?,22?,25-,26-,27+,28+,29+/m0/s1. The lowest BCUT2D eigenvalue weighted by Gasteiger charge is -2.71. The number of aliphatic hydroxyl groups is 3. The summed E-state index contributed by atoms with van der Waals surface area (Å²) in [5.74, 6) is -2.11. The molecule has 0 bridgehead atoms. The minimum absolute atomic E-state index is 0.0674. The molecule has 7 nitrogen and oxygen atoms in total. The van der Waals surface area contributed by atoms with Crippen LogP contribution < -0.4 is 0 Å². The summed E-state index contributed by atoms with van der Waals surface area (Å²) in [5, 5.41) is 52.4. The Bertz CT molecular complexity index is 992. The Morgan fingerprint density at radius 1 is 0.972 bits per heavy atom. The molecule has 0 aromatic heterocycles. The van der Waals surface area contributed by atoms with Crippen molar-refractivity contribution in [3.8, 4) is 0 Å². The summed E-state index contributed by atoms with van der Waals surface area (Å²) in [6, 6.07) is 0. The SMILES string of the molecule is C[C@]12C[C@H](O)C(O)[C@@](C)(CO)C1CC[C@]1(C)C2CC=C2C3C[C@@H](C(=O)O)CC[C@@]3(C(=O)O)CC[C@]21C. The van der Waals surface area contributed by atoms with E-state index >= 15 is 0 Å². The number of hydrogen-bond acceptors (Lipinski definition) is 5. The van der Waals surface area contributed by atoms with Gasteiger partial charge in [-0.1, -0.05) is 39.3 Å². The van der Waals surface area contributed by atoms with Gasteiger partial charge in [-0.15, -0.1) is 0 Å². The number of rotatable bonds is 3. The number of carbonyl (C=O) groups is 2. The summed E-state index contributed by atoms with van der Waals surface area (Å²) in [7, 11) is 0. The van der Waals surface area contributed by atoms with E-state index in [4.69, 9.17) is 0 Å². The van der Waals surface area contributed by atoms with Crippen molar-refractivity contribution >= 4 is 11.9 Å². The summed E-state index contributed by atoms with van der Waals surface area (Å²) in [5.41, 5.74) is -1.20. The number of carboxylic acids is 2. The van der Waals surface area contributed by atoms with E-state index in [9.17, 15) is 35.1 Å². The molecule has 11 atom stereocenters. The highest BCUT2D eigenvalue weighted by Gasteiger charge is 2.70. The predicted octanol–water partition coefficient (Wildman–Crippen LogP) is 3.85. The molecule has 0 heterocycles. The van der Waals surface area contributed by atoms with Gasteiger partial charge in [0.2, 0.25) is 0 Å². The molecule has 5 N–H and O–H groups in total. The Hall–Kier alpha value is -1.44. The van der Waals surface area contributed by atoms with Crippen LogP contribution in [0.2, 0.25) is 0 Å². The van der Waals surface area contributed by atoms with Gasteiger partial charge < -0.3 is 25.5 Å². The van der Waals surface area contributed by atoms with Crippen molar-refractivity contribution in [2.45, 2.75) is 97.7 Å². The van der Waals surface area contributed by atoms with Crippen molar-refractivity contribution in [2.24, 2.45) is 50.7 Å². The third kappa shape index (κ3) is 3.02. The first-order valence-corrected chi connectivity index (χ1v) is 13.8. The molecule has 7 heteroatoms. The summed E-state index contributed by atoms with van der Waals surface area (Å²) < 4.78 is 0. The zero-order chi connectivity index (χ0) is 26.5. The van der Waals surface area contributed by atoms with E-state index in [0.29, 0.717) is 32.1 Å². The van der Waals surface area contributed by atoms with Crippen molar-refractivity contribution in [3.05, 3.63) is 11.6 Å². The van der Waals surface area contributed by atoms with Crippen LogP contribution in [-0.2, 0) is 9.59 Å². The zero-order valence-electron chi connectivity index (χ0n) is 22.2. The average molecular weight is 505 g/mol. The van der Waals surface area contributed by atoms with Gasteiger partial charge in [-0.3, -0.25) is 9.59 Å². The largest absolute Gasteiger partial charge is 0.481 e. The highest BCUT2D eigenvalue weighted by molar-refractivity contribution is 5.78. The first-order chi connectivity index (χ1) is 16.7. The average Bonchev–Trinajstić information content (AvgIpc) is 2.82. The maximum Gasteiger partial charge on any atom is 0.310 e. The number of carboxylic acid groups (broad SMARTS) is 2. The van der Waals surface area contributed by atoms with Gasteiger partial charge in [0.05, 0.1) is 30.1 Å². The lowest BCUT2D eigenvalue weighted by molar-refractivity contribution is -0.243. The van der Waals surface area contributed by atoms with E-state index in [2.05, 4.69) is 26.8 Å². The van der Waals surface area contributed by atoms with Crippen LogP contribution in [0.5, 0.6) is 0 Å². The normalized spacial score (nSPS) is 54.2. The fraction of sp³-hybridized carbons (Fsp3) is 0.862. The summed E-state index contributed by atoms with van der Waals surface area (Å²) in [6.45, 7) is 8.59. The molecule has 5 rings (SSSR count). The highest BCUT2D eigenvalue weighted by Crippen LogP contribution is 2.75. The van der Waals surface area contributed by atoms with Crippen LogP contribution in [0.3, 0.4) is 0 Å². The summed E-state index contributed by atoms with van der Waals surface area (Å²) in [6.07, 6.45) is 5.90. The molecule has 5 aliphatic rings. The third-order valence-corrected chi connectivity index (χ3v) is 13.0. The Balaban J connectivity index is 1.60. The zero-order valence-corrected chi connectivity index (χ0v) is 22.2. The van der Waals surface area contributed by atoms with Crippen LogP contribution >= 0.6 is 0 Å². The molecule has 5 aliphatic carbocycles. The number of aliphatic carboxylic acids is 2. The molecular weight excluding hydrogens is 460 g/mol. The number of allylic oxidation sites excluding steroid dienone is 2. The van der Waals surface area contributed by atoms with Gasteiger partial charge in [-0.2, -0.15) is 0 Å². The number of aliphatic hydroxyl groups excluding tert-OH is 3. The van der Waals surface area contributed by atoms with Gasteiger partial charge in [-0.05, 0) is 91.8 Å². The first kappa shape index (κ1) is 26.2. The molecule has 202 valence electrons. The predicted molar refractivity (Wildman–Crippen MR) is 133 cm³/mol. The van der Waals surface area contributed by atoms with Gasteiger partial charge in [0.25, 0.3) is 0 Å². The fourth-order valence-corrected chi connectivity index (χ4v) is 10.7. The van der Waals surface area contributed by atoms with E-state index in [1.807, 2.05) is 6.92 Å². The first-order valence-electron chi connectivity index (χ1n) is 13.8. The highest BCUT2D eigenvalue weighted by atomic mass is 16.4.